The van der Waals surface area contributed by atoms with Gasteiger partial charge in [0.25, 0.3) is 0 Å². The van der Waals surface area contributed by atoms with Crippen LogP contribution in [-0.2, 0) is 36.7 Å². The molecule has 2 aromatic carbocycles. The molecule has 2 rings (SSSR count). The molecule has 0 bridgehead atoms. The Morgan fingerprint density at radius 3 is 1.97 bits per heavy atom. The van der Waals surface area contributed by atoms with Crippen LogP contribution < -0.4 is 18.9 Å². The van der Waals surface area contributed by atoms with Crippen LogP contribution in [0.25, 0.3) is 0 Å². The Bertz CT molecular complexity index is 1020. The maximum atomic E-state index is 11.4. The molecule has 0 amide bonds. The minimum absolute atomic E-state index is 0.0244. The highest BCUT2D eigenvalue weighted by molar-refractivity contribution is 5.70. The van der Waals surface area contributed by atoms with E-state index in [9.17, 15) is 14.4 Å². The van der Waals surface area contributed by atoms with Gasteiger partial charge < -0.3 is 28.4 Å². The fraction of sp³-hybridized carbons (Fsp3) is 0.423. The van der Waals surface area contributed by atoms with Gasteiger partial charge in [-0.15, -0.1) is 0 Å². The standard InChI is InChI=1S/C26H32O9/c1-17(27)32-12-6-7-20-8-10-24(25(14-20)30-4)35-22(16-33-18(2)28)13-21-9-11-23(34-19(3)29)26(15-21)31-5/h8-11,14-15,22H,6-7,12-13,16H2,1-5H3. The van der Waals surface area contributed by atoms with Crippen LogP contribution in [0.4, 0.5) is 0 Å². The van der Waals surface area contributed by atoms with Crippen molar-refractivity contribution in [2.24, 2.45) is 0 Å². The van der Waals surface area contributed by atoms with Gasteiger partial charge in [0.2, 0.25) is 0 Å². The van der Waals surface area contributed by atoms with Crippen molar-refractivity contribution in [3.8, 4) is 23.0 Å². The summed E-state index contributed by atoms with van der Waals surface area (Å²) in [4.78, 5) is 33.6. The molecule has 0 aliphatic carbocycles. The molecule has 1 atom stereocenters. The number of carbonyl (C=O) groups is 3. The van der Waals surface area contributed by atoms with Gasteiger partial charge in [0, 0.05) is 27.2 Å². The van der Waals surface area contributed by atoms with Crippen LogP contribution in [0.3, 0.4) is 0 Å². The molecule has 9 nitrogen and oxygen atoms in total. The summed E-state index contributed by atoms with van der Waals surface area (Å²) in [7, 11) is 3.03. The van der Waals surface area contributed by atoms with Gasteiger partial charge in [-0.25, -0.2) is 0 Å². The Hall–Kier alpha value is -3.75. The molecule has 9 heteroatoms. The van der Waals surface area contributed by atoms with Gasteiger partial charge in [-0.2, -0.15) is 0 Å². The average Bonchev–Trinajstić information content (AvgIpc) is 2.81. The van der Waals surface area contributed by atoms with E-state index in [4.69, 9.17) is 28.4 Å². The maximum absolute atomic E-state index is 11.4. The smallest absolute Gasteiger partial charge is 0.308 e. The van der Waals surface area contributed by atoms with E-state index >= 15 is 0 Å². The molecule has 1 unspecified atom stereocenters. The summed E-state index contributed by atoms with van der Waals surface area (Å²) in [5.74, 6) is 0.573. The van der Waals surface area contributed by atoms with E-state index in [0.717, 1.165) is 11.1 Å². The number of hydrogen-bond acceptors (Lipinski definition) is 9. The van der Waals surface area contributed by atoms with E-state index in [1.54, 1.807) is 31.4 Å². The molecule has 0 spiro atoms. The highest BCUT2D eigenvalue weighted by atomic mass is 16.6. The third-order valence-electron chi connectivity index (χ3n) is 4.85. The van der Waals surface area contributed by atoms with Crippen LogP contribution in [0.2, 0.25) is 0 Å². The Balaban J connectivity index is 2.17. The van der Waals surface area contributed by atoms with E-state index in [2.05, 4.69) is 0 Å². The molecule has 0 aliphatic heterocycles. The quantitative estimate of drug-likeness (QED) is 0.237. The lowest BCUT2D eigenvalue weighted by Crippen LogP contribution is -2.27. The zero-order valence-corrected chi connectivity index (χ0v) is 20.8. The minimum Gasteiger partial charge on any atom is -0.493 e. The third kappa shape index (κ3) is 9.56. The van der Waals surface area contributed by atoms with E-state index in [0.29, 0.717) is 48.9 Å². The highest BCUT2D eigenvalue weighted by Gasteiger charge is 2.18. The lowest BCUT2D eigenvalue weighted by Gasteiger charge is -2.21. The number of methoxy groups -OCH3 is 2. The van der Waals surface area contributed by atoms with Crippen molar-refractivity contribution >= 4 is 17.9 Å². The second-order valence-corrected chi connectivity index (χ2v) is 7.75. The average molecular weight is 489 g/mol. The van der Waals surface area contributed by atoms with Gasteiger partial charge in [-0.05, 0) is 48.2 Å². The summed E-state index contributed by atoms with van der Waals surface area (Å²) in [5.41, 5.74) is 1.83. The van der Waals surface area contributed by atoms with Crippen LogP contribution in [0.1, 0.15) is 38.3 Å². The molecule has 0 saturated heterocycles. The summed E-state index contributed by atoms with van der Waals surface area (Å²) in [6, 6.07) is 10.7. The number of ether oxygens (including phenoxy) is 6. The molecule has 0 fully saturated rings. The summed E-state index contributed by atoms with van der Waals surface area (Å²) >= 11 is 0. The number of rotatable bonds is 13. The van der Waals surface area contributed by atoms with Gasteiger partial charge in [-0.3, -0.25) is 14.4 Å². The van der Waals surface area contributed by atoms with E-state index in [-0.39, 0.29) is 12.6 Å². The molecule has 0 aromatic heterocycles. The molecule has 35 heavy (non-hydrogen) atoms. The van der Waals surface area contributed by atoms with Crippen molar-refractivity contribution in [2.45, 2.75) is 46.1 Å². The van der Waals surface area contributed by atoms with Gasteiger partial charge in [0.15, 0.2) is 23.0 Å². The molecule has 0 heterocycles. The Morgan fingerprint density at radius 2 is 1.34 bits per heavy atom. The molecule has 0 N–H and O–H groups in total. The SMILES string of the molecule is COc1cc(CC(COC(C)=O)Oc2ccc(CCCOC(C)=O)cc2OC)ccc1OC(C)=O. The van der Waals surface area contributed by atoms with E-state index < -0.39 is 18.0 Å². The molecule has 190 valence electrons. The topological polar surface area (TPSA) is 107 Å². The van der Waals surface area contributed by atoms with Gasteiger partial charge >= 0.3 is 17.9 Å². The van der Waals surface area contributed by atoms with E-state index in [1.807, 2.05) is 12.1 Å². The Labute approximate surface area is 205 Å². The summed E-state index contributed by atoms with van der Waals surface area (Å²) in [6.07, 6.45) is 1.25. The Morgan fingerprint density at radius 1 is 0.743 bits per heavy atom. The molecular weight excluding hydrogens is 456 g/mol. The second kappa shape index (κ2) is 13.8. The normalized spacial score (nSPS) is 11.2. The summed E-state index contributed by atoms with van der Waals surface area (Å²) in [5, 5.41) is 0. The van der Waals surface area contributed by atoms with Crippen molar-refractivity contribution < 1.29 is 42.8 Å². The van der Waals surface area contributed by atoms with E-state index in [1.165, 1.54) is 27.9 Å². The number of hydrogen-bond donors (Lipinski definition) is 0. The fourth-order valence-corrected chi connectivity index (χ4v) is 3.32. The van der Waals surface area contributed by atoms with Crippen LogP contribution in [0.5, 0.6) is 23.0 Å². The first-order valence-electron chi connectivity index (χ1n) is 11.2. The number of benzene rings is 2. The molecular formula is C26H32O9. The first-order valence-corrected chi connectivity index (χ1v) is 11.2. The monoisotopic (exact) mass is 488 g/mol. The second-order valence-electron chi connectivity index (χ2n) is 7.75. The zero-order chi connectivity index (χ0) is 25.8. The first kappa shape index (κ1) is 27.5. The Kier molecular flexibility index (Phi) is 10.9. The number of carbonyl (C=O) groups excluding carboxylic acids is 3. The van der Waals surface area contributed by atoms with Crippen molar-refractivity contribution in [1.29, 1.82) is 0 Å². The maximum Gasteiger partial charge on any atom is 0.308 e. The predicted molar refractivity (Wildman–Crippen MR) is 127 cm³/mol. The zero-order valence-electron chi connectivity index (χ0n) is 20.8. The summed E-state index contributed by atoms with van der Waals surface area (Å²) in [6.45, 7) is 4.40. The van der Waals surface area contributed by atoms with Crippen LogP contribution in [-0.4, -0.2) is 51.4 Å². The van der Waals surface area contributed by atoms with Crippen molar-refractivity contribution in [3.05, 3.63) is 47.5 Å². The molecule has 2 aromatic rings. The third-order valence-corrected chi connectivity index (χ3v) is 4.85. The molecule has 0 saturated carbocycles. The largest absolute Gasteiger partial charge is 0.493 e. The first-order chi connectivity index (χ1) is 16.7. The van der Waals surface area contributed by atoms with Crippen LogP contribution >= 0.6 is 0 Å². The number of aryl methyl sites for hydroxylation is 1. The van der Waals surface area contributed by atoms with Gasteiger partial charge in [0.05, 0.1) is 20.8 Å². The minimum atomic E-state index is -0.521. The lowest BCUT2D eigenvalue weighted by atomic mass is 10.1. The molecule has 0 aliphatic rings. The molecule has 0 radical (unpaired) electrons. The predicted octanol–water partition coefficient (Wildman–Crippen LogP) is 3.68. The van der Waals surface area contributed by atoms with Crippen molar-refractivity contribution in [2.75, 3.05) is 27.4 Å². The summed E-state index contributed by atoms with van der Waals surface area (Å²) < 4.78 is 32.4. The van der Waals surface area contributed by atoms with Crippen molar-refractivity contribution in [1.82, 2.24) is 0 Å². The highest BCUT2D eigenvalue weighted by Crippen LogP contribution is 2.32. The van der Waals surface area contributed by atoms with Gasteiger partial charge in [-0.1, -0.05) is 12.1 Å². The van der Waals surface area contributed by atoms with Crippen molar-refractivity contribution in [3.63, 3.8) is 0 Å². The van der Waals surface area contributed by atoms with Crippen LogP contribution in [0, 0.1) is 0 Å². The van der Waals surface area contributed by atoms with Gasteiger partial charge in [0.1, 0.15) is 12.7 Å². The van der Waals surface area contributed by atoms with Crippen LogP contribution in [0.15, 0.2) is 36.4 Å². The lowest BCUT2D eigenvalue weighted by molar-refractivity contribution is -0.143. The fourth-order valence-electron chi connectivity index (χ4n) is 3.32. The number of esters is 3.